The second-order valence-electron chi connectivity index (χ2n) is 6.94. The molecule has 1 aromatic carbocycles. The molecule has 0 fully saturated rings. The number of hydrogen-bond acceptors (Lipinski definition) is 4. The molecule has 6 nitrogen and oxygen atoms in total. The van der Waals surface area contributed by atoms with Crippen LogP contribution in [0.25, 0.3) is 0 Å². The molecule has 0 N–H and O–H groups in total. The summed E-state index contributed by atoms with van der Waals surface area (Å²) < 4.78 is 7.86. The molecule has 0 saturated carbocycles. The molecule has 6 heteroatoms. The number of carbonyl (C=O) groups is 1. The molecule has 2 aromatic rings. The quantitative estimate of drug-likeness (QED) is 0.810. The zero-order valence-corrected chi connectivity index (χ0v) is 15.2. The summed E-state index contributed by atoms with van der Waals surface area (Å²) in [5.41, 5.74) is 1.12. The van der Waals surface area contributed by atoms with Crippen molar-refractivity contribution in [1.29, 1.82) is 0 Å². The van der Waals surface area contributed by atoms with Crippen LogP contribution in [0.1, 0.15) is 43.9 Å². The predicted octanol–water partition coefficient (Wildman–Crippen LogP) is 2.60. The first kappa shape index (κ1) is 17.6. The van der Waals surface area contributed by atoms with E-state index in [0.29, 0.717) is 32.2 Å². The van der Waals surface area contributed by atoms with E-state index in [1.807, 2.05) is 42.2 Å². The Kier molecular flexibility index (Phi) is 5.48. The second-order valence-corrected chi connectivity index (χ2v) is 6.94. The Balaban J connectivity index is 1.52. The highest BCUT2D eigenvalue weighted by Crippen LogP contribution is 2.19. The lowest BCUT2D eigenvalue weighted by Crippen LogP contribution is -2.42. The Morgan fingerprint density at radius 2 is 1.92 bits per heavy atom. The van der Waals surface area contributed by atoms with Crippen LogP contribution in [0.15, 0.2) is 30.3 Å². The number of rotatable bonds is 6. The van der Waals surface area contributed by atoms with Crippen molar-refractivity contribution in [2.75, 3.05) is 13.2 Å². The number of carbonyl (C=O) groups excluding carboxylic acids is 1. The summed E-state index contributed by atoms with van der Waals surface area (Å²) in [4.78, 5) is 14.5. The van der Waals surface area contributed by atoms with Gasteiger partial charge in [-0.05, 0) is 5.56 Å². The number of nitrogens with zero attached hydrogens (tertiary/aromatic N) is 4. The van der Waals surface area contributed by atoms with Crippen LogP contribution in [0, 0.1) is 5.92 Å². The van der Waals surface area contributed by atoms with E-state index >= 15 is 0 Å². The SMILES string of the molecule is CC(C)c1nnc2n1CCN(C(=O)[C@H](C)COCc1ccccc1)C2. The Bertz CT molecular complexity index is 711. The third-order valence-corrected chi connectivity index (χ3v) is 4.51. The van der Waals surface area contributed by atoms with E-state index in [2.05, 4.69) is 28.6 Å². The van der Waals surface area contributed by atoms with E-state index in [1.54, 1.807) is 0 Å². The Labute approximate surface area is 148 Å². The average Bonchev–Trinajstić information content (AvgIpc) is 3.05. The molecule has 0 radical (unpaired) electrons. The Hall–Kier alpha value is -2.21. The van der Waals surface area contributed by atoms with Gasteiger partial charge in [0.05, 0.1) is 25.7 Å². The largest absolute Gasteiger partial charge is 0.376 e. The summed E-state index contributed by atoms with van der Waals surface area (Å²) in [6.07, 6.45) is 0. The lowest BCUT2D eigenvalue weighted by Gasteiger charge is -2.30. The highest BCUT2D eigenvalue weighted by molar-refractivity contribution is 5.78. The van der Waals surface area contributed by atoms with Crippen LogP contribution in [0.3, 0.4) is 0 Å². The number of amides is 1. The Morgan fingerprint density at radius 3 is 2.64 bits per heavy atom. The Morgan fingerprint density at radius 1 is 1.16 bits per heavy atom. The maximum absolute atomic E-state index is 12.7. The van der Waals surface area contributed by atoms with E-state index in [1.165, 1.54) is 0 Å². The second kappa shape index (κ2) is 7.78. The van der Waals surface area contributed by atoms with Crippen molar-refractivity contribution in [3.63, 3.8) is 0 Å². The topological polar surface area (TPSA) is 60.2 Å². The van der Waals surface area contributed by atoms with Crippen molar-refractivity contribution in [2.45, 2.75) is 46.4 Å². The van der Waals surface area contributed by atoms with Crippen LogP contribution in [0.2, 0.25) is 0 Å². The fourth-order valence-corrected chi connectivity index (χ4v) is 3.11. The van der Waals surface area contributed by atoms with Gasteiger partial charge in [0.2, 0.25) is 5.91 Å². The first-order valence-electron chi connectivity index (χ1n) is 8.88. The van der Waals surface area contributed by atoms with Gasteiger partial charge in [-0.1, -0.05) is 51.1 Å². The van der Waals surface area contributed by atoms with Crippen molar-refractivity contribution >= 4 is 5.91 Å². The van der Waals surface area contributed by atoms with Crippen LogP contribution in [0.5, 0.6) is 0 Å². The number of benzene rings is 1. The van der Waals surface area contributed by atoms with Gasteiger partial charge in [0.25, 0.3) is 0 Å². The molecule has 2 heterocycles. The monoisotopic (exact) mass is 342 g/mol. The summed E-state index contributed by atoms with van der Waals surface area (Å²) in [5.74, 6) is 2.17. The van der Waals surface area contributed by atoms with Crippen LogP contribution in [-0.2, 0) is 29.2 Å². The van der Waals surface area contributed by atoms with E-state index in [4.69, 9.17) is 4.74 Å². The number of fused-ring (bicyclic) bond motifs is 1. The van der Waals surface area contributed by atoms with E-state index < -0.39 is 0 Å². The zero-order valence-electron chi connectivity index (χ0n) is 15.2. The van der Waals surface area contributed by atoms with Crippen molar-refractivity contribution < 1.29 is 9.53 Å². The molecule has 0 bridgehead atoms. The smallest absolute Gasteiger partial charge is 0.228 e. The highest BCUT2D eigenvalue weighted by atomic mass is 16.5. The minimum absolute atomic E-state index is 0.119. The lowest BCUT2D eigenvalue weighted by molar-refractivity contribution is -0.138. The minimum Gasteiger partial charge on any atom is -0.376 e. The fourth-order valence-electron chi connectivity index (χ4n) is 3.11. The van der Waals surface area contributed by atoms with E-state index in [-0.39, 0.29) is 11.8 Å². The first-order chi connectivity index (χ1) is 12.1. The molecule has 0 unspecified atom stereocenters. The van der Waals surface area contributed by atoms with Crippen LogP contribution in [-0.4, -0.2) is 38.7 Å². The van der Waals surface area contributed by atoms with Crippen molar-refractivity contribution in [2.24, 2.45) is 5.92 Å². The summed E-state index contributed by atoms with van der Waals surface area (Å²) in [7, 11) is 0. The molecule has 1 aliphatic heterocycles. The van der Waals surface area contributed by atoms with Gasteiger partial charge in [0, 0.05) is 19.0 Å². The molecule has 1 atom stereocenters. The van der Waals surface area contributed by atoms with E-state index in [0.717, 1.165) is 23.8 Å². The number of aromatic nitrogens is 3. The van der Waals surface area contributed by atoms with Gasteiger partial charge in [0.1, 0.15) is 5.82 Å². The summed E-state index contributed by atoms with van der Waals surface area (Å²) in [5, 5.41) is 8.53. The molecule has 1 amide bonds. The first-order valence-corrected chi connectivity index (χ1v) is 8.88. The minimum atomic E-state index is -0.164. The third-order valence-electron chi connectivity index (χ3n) is 4.51. The van der Waals surface area contributed by atoms with Gasteiger partial charge >= 0.3 is 0 Å². The number of hydrogen-bond donors (Lipinski definition) is 0. The van der Waals surface area contributed by atoms with Gasteiger partial charge in [-0.15, -0.1) is 10.2 Å². The molecule has 134 valence electrons. The molecule has 3 rings (SSSR count). The molecule has 1 aromatic heterocycles. The zero-order chi connectivity index (χ0) is 17.8. The molecule has 25 heavy (non-hydrogen) atoms. The van der Waals surface area contributed by atoms with Gasteiger partial charge in [-0.3, -0.25) is 4.79 Å². The van der Waals surface area contributed by atoms with Crippen molar-refractivity contribution in [3.05, 3.63) is 47.5 Å². The summed E-state index contributed by atoms with van der Waals surface area (Å²) in [6.45, 7) is 9.10. The highest BCUT2D eigenvalue weighted by Gasteiger charge is 2.27. The maximum Gasteiger partial charge on any atom is 0.228 e. The van der Waals surface area contributed by atoms with Crippen LogP contribution >= 0.6 is 0 Å². The summed E-state index contributed by atoms with van der Waals surface area (Å²) >= 11 is 0. The summed E-state index contributed by atoms with van der Waals surface area (Å²) in [6, 6.07) is 10.0. The molecule has 0 spiro atoms. The lowest BCUT2D eigenvalue weighted by atomic mass is 10.1. The fraction of sp³-hybridized carbons (Fsp3) is 0.526. The van der Waals surface area contributed by atoms with Crippen LogP contribution < -0.4 is 0 Å². The molecule has 1 aliphatic rings. The average molecular weight is 342 g/mol. The molecule has 0 aliphatic carbocycles. The van der Waals surface area contributed by atoms with Gasteiger partial charge < -0.3 is 14.2 Å². The van der Waals surface area contributed by atoms with Crippen molar-refractivity contribution in [1.82, 2.24) is 19.7 Å². The van der Waals surface area contributed by atoms with Gasteiger partial charge in [-0.2, -0.15) is 0 Å². The van der Waals surface area contributed by atoms with Crippen LogP contribution in [0.4, 0.5) is 0 Å². The van der Waals surface area contributed by atoms with Crippen molar-refractivity contribution in [3.8, 4) is 0 Å². The molecular weight excluding hydrogens is 316 g/mol. The molecular formula is C19H26N4O2. The third kappa shape index (κ3) is 4.07. The van der Waals surface area contributed by atoms with Gasteiger partial charge in [0.15, 0.2) is 5.82 Å². The van der Waals surface area contributed by atoms with Gasteiger partial charge in [-0.25, -0.2) is 0 Å². The van der Waals surface area contributed by atoms with E-state index in [9.17, 15) is 4.79 Å². The normalized spacial score (nSPS) is 15.3. The maximum atomic E-state index is 12.7. The standard InChI is InChI=1S/C19H26N4O2/c1-14(2)18-21-20-17-11-22(9-10-23(17)18)19(24)15(3)12-25-13-16-7-5-4-6-8-16/h4-8,14-15H,9-13H2,1-3H3/t15-/m1/s1. The predicted molar refractivity (Wildman–Crippen MR) is 94.8 cm³/mol. The molecule has 0 saturated heterocycles. The number of ether oxygens (including phenoxy) is 1.